The second-order valence-electron chi connectivity index (χ2n) is 5.50. The van der Waals surface area contributed by atoms with Gasteiger partial charge >= 0.3 is 0 Å². The zero-order valence-corrected chi connectivity index (χ0v) is 13.4. The van der Waals surface area contributed by atoms with Crippen molar-refractivity contribution in [2.45, 2.75) is 58.7 Å². The van der Waals surface area contributed by atoms with Crippen LogP contribution in [0.4, 0.5) is 0 Å². The number of rotatable bonds is 7. The molecule has 0 saturated heterocycles. The van der Waals surface area contributed by atoms with Crippen LogP contribution in [-0.2, 0) is 11.3 Å². The van der Waals surface area contributed by atoms with Gasteiger partial charge in [-0.25, -0.2) is 0 Å². The number of nitrogens with zero attached hydrogens (tertiary/aromatic N) is 1. The highest BCUT2D eigenvalue weighted by molar-refractivity contribution is 6.30. The van der Waals surface area contributed by atoms with Crippen molar-refractivity contribution < 1.29 is 4.79 Å². The van der Waals surface area contributed by atoms with Crippen molar-refractivity contribution in [1.29, 1.82) is 0 Å². The highest BCUT2D eigenvalue weighted by Gasteiger charge is 2.19. The third-order valence-corrected chi connectivity index (χ3v) is 3.52. The van der Waals surface area contributed by atoms with Crippen LogP contribution < -0.4 is 5.73 Å². The molecule has 0 bridgehead atoms. The molecule has 0 heterocycles. The van der Waals surface area contributed by atoms with Gasteiger partial charge < -0.3 is 10.6 Å². The van der Waals surface area contributed by atoms with Crippen LogP contribution in [0.5, 0.6) is 0 Å². The van der Waals surface area contributed by atoms with Crippen molar-refractivity contribution in [3.05, 3.63) is 34.9 Å². The first-order valence-corrected chi connectivity index (χ1v) is 7.61. The van der Waals surface area contributed by atoms with E-state index in [4.69, 9.17) is 17.3 Å². The van der Waals surface area contributed by atoms with Gasteiger partial charge in [0.25, 0.3) is 0 Å². The number of amides is 1. The van der Waals surface area contributed by atoms with Crippen LogP contribution in [0, 0.1) is 0 Å². The van der Waals surface area contributed by atoms with Crippen molar-refractivity contribution >= 4 is 17.5 Å². The molecule has 0 aromatic heterocycles. The maximum Gasteiger partial charge on any atom is 0.224 e. The Labute approximate surface area is 127 Å². The van der Waals surface area contributed by atoms with E-state index < -0.39 is 0 Å². The molecule has 1 rings (SSSR count). The van der Waals surface area contributed by atoms with Crippen LogP contribution in [0.2, 0.25) is 5.02 Å². The van der Waals surface area contributed by atoms with E-state index in [0.29, 0.717) is 18.0 Å². The molecule has 1 amide bonds. The van der Waals surface area contributed by atoms with Crippen LogP contribution in [-0.4, -0.2) is 22.9 Å². The standard InChI is InChI=1S/C16H25ClN2O/c1-4-6-15(18)10-16(20)19(12(2)3)11-13-7-5-8-14(17)9-13/h5,7-9,12,15H,4,6,10-11,18H2,1-3H3. The first-order chi connectivity index (χ1) is 9.43. The fraction of sp³-hybridized carbons (Fsp3) is 0.562. The van der Waals surface area contributed by atoms with Gasteiger partial charge in [-0.1, -0.05) is 37.1 Å². The summed E-state index contributed by atoms with van der Waals surface area (Å²) in [6.45, 7) is 6.70. The lowest BCUT2D eigenvalue weighted by atomic mass is 10.1. The molecule has 1 aromatic carbocycles. The molecule has 1 unspecified atom stereocenters. The van der Waals surface area contributed by atoms with E-state index in [-0.39, 0.29) is 18.0 Å². The van der Waals surface area contributed by atoms with Crippen LogP contribution in [0.15, 0.2) is 24.3 Å². The second kappa shape index (κ2) is 8.28. The first-order valence-electron chi connectivity index (χ1n) is 7.23. The molecular weight excluding hydrogens is 272 g/mol. The Bertz CT molecular complexity index is 434. The Hall–Kier alpha value is -1.06. The summed E-state index contributed by atoms with van der Waals surface area (Å²) in [7, 11) is 0. The summed E-state index contributed by atoms with van der Waals surface area (Å²) in [6.07, 6.45) is 2.30. The number of carbonyl (C=O) groups excluding carboxylic acids is 1. The van der Waals surface area contributed by atoms with E-state index in [1.807, 2.05) is 43.0 Å². The van der Waals surface area contributed by atoms with Crippen molar-refractivity contribution in [1.82, 2.24) is 4.90 Å². The summed E-state index contributed by atoms with van der Waals surface area (Å²) >= 11 is 5.99. The van der Waals surface area contributed by atoms with Gasteiger partial charge in [0.1, 0.15) is 0 Å². The Morgan fingerprint density at radius 3 is 2.65 bits per heavy atom. The van der Waals surface area contributed by atoms with Gasteiger partial charge in [0.2, 0.25) is 5.91 Å². The lowest BCUT2D eigenvalue weighted by molar-refractivity contribution is -0.134. The van der Waals surface area contributed by atoms with E-state index in [2.05, 4.69) is 6.92 Å². The van der Waals surface area contributed by atoms with Gasteiger partial charge in [0, 0.05) is 30.1 Å². The van der Waals surface area contributed by atoms with E-state index in [1.54, 1.807) is 0 Å². The smallest absolute Gasteiger partial charge is 0.224 e. The second-order valence-corrected chi connectivity index (χ2v) is 5.93. The topological polar surface area (TPSA) is 46.3 Å². The maximum absolute atomic E-state index is 12.4. The summed E-state index contributed by atoms with van der Waals surface area (Å²) < 4.78 is 0. The third-order valence-electron chi connectivity index (χ3n) is 3.28. The Balaban J connectivity index is 2.71. The number of nitrogens with two attached hydrogens (primary N) is 1. The molecule has 0 spiro atoms. The molecule has 3 nitrogen and oxygen atoms in total. The lowest BCUT2D eigenvalue weighted by Gasteiger charge is -2.28. The Morgan fingerprint density at radius 2 is 2.10 bits per heavy atom. The van der Waals surface area contributed by atoms with Crippen molar-refractivity contribution in [2.24, 2.45) is 5.73 Å². The molecular formula is C16H25ClN2O. The predicted molar refractivity (Wildman–Crippen MR) is 84.6 cm³/mol. The molecule has 0 aliphatic heterocycles. The average molecular weight is 297 g/mol. The summed E-state index contributed by atoms with van der Waals surface area (Å²) in [4.78, 5) is 14.2. The molecule has 2 N–H and O–H groups in total. The van der Waals surface area contributed by atoms with Crippen molar-refractivity contribution in [3.8, 4) is 0 Å². The van der Waals surface area contributed by atoms with Gasteiger partial charge in [0.15, 0.2) is 0 Å². The van der Waals surface area contributed by atoms with E-state index in [0.717, 1.165) is 18.4 Å². The summed E-state index contributed by atoms with van der Waals surface area (Å²) in [5, 5.41) is 0.696. The number of halogens is 1. The van der Waals surface area contributed by atoms with Crippen LogP contribution in [0.1, 0.15) is 45.6 Å². The van der Waals surface area contributed by atoms with Crippen LogP contribution >= 0.6 is 11.6 Å². The molecule has 1 aromatic rings. The number of hydrogen-bond donors (Lipinski definition) is 1. The third kappa shape index (κ3) is 5.51. The van der Waals surface area contributed by atoms with Gasteiger partial charge in [-0.2, -0.15) is 0 Å². The minimum atomic E-state index is -0.0480. The molecule has 20 heavy (non-hydrogen) atoms. The molecule has 0 aliphatic carbocycles. The summed E-state index contributed by atoms with van der Waals surface area (Å²) in [5.74, 6) is 0.112. The highest BCUT2D eigenvalue weighted by Crippen LogP contribution is 2.15. The van der Waals surface area contributed by atoms with Gasteiger partial charge in [0.05, 0.1) is 0 Å². The summed E-state index contributed by atoms with van der Waals surface area (Å²) in [5.41, 5.74) is 7.02. The number of hydrogen-bond acceptors (Lipinski definition) is 2. The van der Waals surface area contributed by atoms with Crippen molar-refractivity contribution in [3.63, 3.8) is 0 Å². The number of benzene rings is 1. The number of carbonyl (C=O) groups is 1. The zero-order chi connectivity index (χ0) is 15.1. The monoisotopic (exact) mass is 296 g/mol. The summed E-state index contributed by atoms with van der Waals surface area (Å²) in [6, 6.07) is 7.73. The molecule has 0 aliphatic rings. The normalized spacial score (nSPS) is 12.5. The lowest BCUT2D eigenvalue weighted by Crippen LogP contribution is -2.39. The molecule has 4 heteroatoms. The highest BCUT2D eigenvalue weighted by atomic mass is 35.5. The van der Waals surface area contributed by atoms with Gasteiger partial charge in [-0.05, 0) is 38.0 Å². The van der Waals surface area contributed by atoms with Gasteiger partial charge in [-0.3, -0.25) is 4.79 Å². The van der Waals surface area contributed by atoms with Gasteiger partial charge in [-0.15, -0.1) is 0 Å². The molecule has 0 fully saturated rings. The van der Waals surface area contributed by atoms with E-state index in [9.17, 15) is 4.79 Å². The fourth-order valence-electron chi connectivity index (χ4n) is 2.21. The molecule has 1 atom stereocenters. The fourth-order valence-corrected chi connectivity index (χ4v) is 2.42. The largest absolute Gasteiger partial charge is 0.336 e. The molecule has 0 radical (unpaired) electrons. The minimum Gasteiger partial charge on any atom is -0.336 e. The average Bonchev–Trinajstić information content (AvgIpc) is 2.35. The maximum atomic E-state index is 12.4. The van der Waals surface area contributed by atoms with Crippen molar-refractivity contribution in [2.75, 3.05) is 0 Å². The molecule has 112 valence electrons. The predicted octanol–water partition coefficient (Wildman–Crippen LogP) is 3.59. The van der Waals surface area contributed by atoms with E-state index >= 15 is 0 Å². The Morgan fingerprint density at radius 1 is 1.40 bits per heavy atom. The molecule has 0 saturated carbocycles. The Kier molecular flexibility index (Phi) is 7.03. The van der Waals surface area contributed by atoms with Crippen LogP contribution in [0.3, 0.4) is 0 Å². The van der Waals surface area contributed by atoms with E-state index in [1.165, 1.54) is 0 Å². The quantitative estimate of drug-likeness (QED) is 0.836. The minimum absolute atomic E-state index is 0.0480. The van der Waals surface area contributed by atoms with Crippen LogP contribution in [0.25, 0.3) is 0 Å². The zero-order valence-electron chi connectivity index (χ0n) is 12.6. The SMILES string of the molecule is CCCC(N)CC(=O)N(Cc1cccc(Cl)c1)C(C)C. The first kappa shape index (κ1) is 17.0.